The van der Waals surface area contributed by atoms with Crippen LogP contribution in [-0.2, 0) is 9.53 Å². The molecule has 1 aromatic carbocycles. The van der Waals surface area contributed by atoms with Gasteiger partial charge in [0, 0.05) is 17.8 Å². The number of nitrogens with zero attached hydrogens (tertiary/aromatic N) is 3. The number of hydrogen-bond donors (Lipinski definition) is 0. The fourth-order valence-corrected chi connectivity index (χ4v) is 2.87. The van der Waals surface area contributed by atoms with E-state index in [0.29, 0.717) is 0 Å². The molecule has 3 aromatic rings. The van der Waals surface area contributed by atoms with E-state index in [9.17, 15) is 4.79 Å². The summed E-state index contributed by atoms with van der Waals surface area (Å²) < 4.78 is 6.50. The summed E-state index contributed by atoms with van der Waals surface area (Å²) in [4.78, 5) is 12.6. The van der Waals surface area contributed by atoms with Gasteiger partial charge in [0.1, 0.15) is 11.8 Å². The lowest BCUT2D eigenvalue weighted by atomic mass is 10.2. The summed E-state index contributed by atoms with van der Waals surface area (Å²) in [5.41, 5.74) is 2.52. The first kappa shape index (κ1) is 15.7. The van der Waals surface area contributed by atoms with Gasteiger partial charge in [-0.1, -0.05) is 24.3 Å². The van der Waals surface area contributed by atoms with E-state index in [1.807, 2.05) is 54.0 Å². The predicted octanol–water partition coefficient (Wildman–Crippen LogP) is 3.68. The van der Waals surface area contributed by atoms with E-state index < -0.39 is 5.97 Å². The molecule has 24 heavy (non-hydrogen) atoms. The van der Waals surface area contributed by atoms with E-state index in [0.717, 1.165) is 21.8 Å². The van der Waals surface area contributed by atoms with Crippen LogP contribution >= 0.6 is 11.3 Å². The number of para-hydroxylation sites is 1. The van der Waals surface area contributed by atoms with Gasteiger partial charge in [-0.3, -0.25) is 0 Å². The molecule has 0 aliphatic rings. The molecule has 0 spiro atoms. The number of rotatable bonds is 5. The van der Waals surface area contributed by atoms with Crippen molar-refractivity contribution >= 4 is 23.4 Å². The highest BCUT2D eigenvalue weighted by molar-refractivity contribution is 7.13. The molecule has 2 heterocycles. The number of nitriles is 1. The molecule has 0 fully saturated rings. The number of thiophene rings is 1. The molecule has 0 N–H and O–H groups in total. The Bertz CT molecular complexity index is 890. The van der Waals surface area contributed by atoms with Crippen LogP contribution in [0.25, 0.3) is 22.3 Å². The van der Waals surface area contributed by atoms with Gasteiger partial charge in [-0.15, -0.1) is 11.3 Å². The summed E-state index contributed by atoms with van der Waals surface area (Å²) in [6.07, 6.45) is 4.82. The Labute approximate surface area is 143 Å². The molecule has 0 bridgehead atoms. The van der Waals surface area contributed by atoms with E-state index >= 15 is 0 Å². The molecule has 3 rings (SSSR count). The van der Waals surface area contributed by atoms with Crippen molar-refractivity contribution in [1.82, 2.24) is 9.78 Å². The lowest BCUT2D eigenvalue weighted by molar-refractivity contribution is -0.136. The maximum atomic E-state index is 11.6. The van der Waals surface area contributed by atoms with Crippen LogP contribution in [0.5, 0.6) is 0 Å². The van der Waals surface area contributed by atoms with E-state index in [1.54, 1.807) is 28.2 Å². The van der Waals surface area contributed by atoms with Crippen molar-refractivity contribution in [2.75, 3.05) is 6.61 Å². The van der Waals surface area contributed by atoms with Crippen LogP contribution in [0.1, 0.15) is 5.56 Å². The van der Waals surface area contributed by atoms with Crippen LogP contribution in [0.2, 0.25) is 0 Å². The lowest BCUT2D eigenvalue weighted by Crippen LogP contribution is -1.99. The van der Waals surface area contributed by atoms with Crippen molar-refractivity contribution in [2.45, 2.75) is 0 Å². The summed E-state index contributed by atoms with van der Waals surface area (Å²) in [6, 6.07) is 15.4. The summed E-state index contributed by atoms with van der Waals surface area (Å²) in [5.74, 6) is -0.554. The smallest absolute Gasteiger partial charge is 0.331 e. The van der Waals surface area contributed by atoms with Crippen molar-refractivity contribution < 1.29 is 9.53 Å². The number of carbonyl (C=O) groups excluding carboxylic acids is 1. The Kier molecular flexibility index (Phi) is 4.84. The van der Waals surface area contributed by atoms with Crippen molar-refractivity contribution in [3.05, 3.63) is 65.7 Å². The summed E-state index contributed by atoms with van der Waals surface area (Å²) >= 11 is 1.58. The van der Waals surface area contributed by atoms with Crippen LogP contribution in [0.4, 0.5) is 0 Å². The number of ether oxygens (including phenoxy) is 1. The van der Waals surface area contributed by atoms with Gasteiger partial charge in [-0.05, 0) is 29.7 Å². The van der Waals surface area contributed by atoms with Crippen molar-refractivity contribution in [3.63, 3.8) is 0 Å². The Balaban J connectivity index is 1.95. The summed E-state index contributed by atoms with van der Waals surface area (Å²) in [5, 5.41) is 15.0. The minimum atomic E-state index is -0.554. The molecule has 0 saturated carbocycles. The average molecular weight is 335 g/mol. The molecule has 0 aliphatic carbocycles. The number of carbonyl (C=O) groups is 1. The van der Waals surface area contributed by atoms with Crippen LogP contribution in [0.3, 0.4) is 0 Å². The quantitative estimate of drug-likeness (QED) is 0.527. The third-order valence-electron chi connectivity index (χ3n) is 3.20. The van der Waals surface area contributed by atoms with Crippen LogP contribution in [-0.4, -0.2) is 22.4 Å². The number of aromatic nitrogens is 2. The van der Waals surface area contributed by atoms with Gasteiger partial charge >= 0.3 is 5.97 Å². The maximum absolute atomic E-state index is 11.6. The van der Waals surface area contributed by atoms with Gasteiger partial charge in [0.05, 0.1) is 10.6 Å². The Hall–Kier alpha value is -3.17. The molecule has 6 heteroatoms. The normalized spacial score (nSPS) is 10.6. The second-order valence-electron chi connectivity index (χ2n) is 4.79. The number of hydrogen-bond acceptors (Lipinski definition) is 5. The van der Waals surface area contributed by atoms with Crippen molar-refractivity contribution in [3.8, 4) is 22.3 Å². The molecular formula is C18H13N3O2S. The first-order valence-electron chi connectivity index (χ1n) is 7.18. The summed E-state index contributed by atoms with van der Waals surface area (Å²) in [7, 11) is 0. The molecule has 2 aromatic heterocycles. The molecule has 0 radical (unpaired) electrons. The van der Waals surface area contributed by atoms with Gasteiger partial charge in [0.2, 0.25) is 0 Å². The van der Waals surface area contributed by atoms with Crippen molar-refractivity contribution in [2.24, 2.45) is 0 Å². The zero-order valence-electron chi connectivity index (χ0n) is 12.6. The molecule has 0 aliphatic heterocycles. The minimum Gasteiger partial charge on any atom is -0.447 e. The Morgan fingerprint density at radius 2 is 2.12 bits per heavy atom. The molecule has 0 saturated heterocycles. The Morgan fingerprint density at radius 1 is 1.29 bits per heavy atom. The molecule has 5 nitrogen and oxygen atoms in total. The lowest BCUT2D eigenvalue weighted by Gasteiger charge is -1.99. The van der Waals surface area contributed by atoms with Crippen LogP contribution in [0, 0.1) is 11.3 Å². The zero-order valence-corrected chi connectivity index (χ0v) is 13.4. The Morgan fingerprint density at radius 3 is 2.83 bits per heavy atom. The minimum absolute atomic E-state index is 0.260. The van der Waals surface area contributed by atoms with Gasteiger partial charge in [0.15, 0.2) is 6.61 Å². The molecule has 0 atom stereocenters. The molecule has 0 unspecified atom stereocenters. The summed E-state index contributed by atoms with van der Waals surface area (Å²) in [6.45, 7) is -0.260. The average Bonchev–Trinajstić information content (AvgIpc) is 3.28. The van der Waals surface area contributed by atoms with Gasteiger partial charge in [-0.25, -0.2) is 9.48 Å². The second kappa shape index (κ2) is 7.40. The fourth-order valence-electron chi connectivity index (χ4n) is 2.14. The first-order valence-corrected chi connectivity index (χ1v) is 8.06. The third-order valence-corrected chi connectivity index (χ3v) is 4.07. The van der Waals surface area contributed by atoms with E-state index in [1.165, 1.54) is 6.08 Å². The topological polar surface area (TPSA) is 67.9 Å². The fraction of sp³-hybridized carbons (Fsp3) is 0.0556. The van der Waals surface area contributed by atoms with E-state index in [2.05, 4.69) is 5.10 Å². The second-order valence-corrected chi connectivity index (χ2v) is 5.74. The highest BCUT2D eigenvalue weighted by atomic mass is 32.1. The van der Waals surface area contributed by atoms with Crippen LogP contribution in [0.15, 0.2) is 60.1 Å². The highest BCUT2D eigenvalue weighted by Gasteiger charge is 2.11. The van der Waals surface area contributed by atoms with E-state index in [-0.39, 0.29) is 6.61 Å². The molecule has 118 valence electrons. The number of esters is 1. The molecular weight excluding hydrogens is 322 g/mol. The van der Waals surface area contributed by atoms with E-state index in [4.69, 9.17) is 10.00 Å². The van der Waals surface area contributed by atoms with Crippen LogP contribution < -0.4 is 0 Å². The largest absolute Gasteiger partial charge is 0.447 e. The standard InChI is InChI=1S/C18H13N3O2S/c19-10-11-23-17(22)9-8-14-13-21(15-5-2-1-3-6-15)20-18(14)16-7-4-12-24-16/h1-9,12-13H,11H2. The highest BCUT2D eigenvalue weighted by Crippen LogP contribution is 2.28. The number of benzene rings is 1. The van der Waals surface area contributed by atoms with Crippen molar-refractivity contribution in [1.29, 1.82) is 5.26 Å². The molecule has 0 amide bonds. The SMILES string of the molecule is N#CCOC(=O)C=Cc1cn(-c2ccccc2)nc1-c1cccs1. The maximum Gasteiger partial charge on any atom is 0.331 e. The van der Waals surface area contributed by atoms with Gasteiger partial charge < -0.3 is 4.74 Å². The first-order chi connectivity index (χ1) is 11.8. The zero-order chi connectivity index (χ0) is 16.8. The van der Waals surface area contributed by atoms with Gasteiger partial charge in [0.25, 0.3) is 0 Å². The third kappa shape index (κ3) is 3.59. The predicted molar refractivity (Wildman–Crippen MR) is 92.5 cm³/mol. The monoisotopic (exact) mass is 335 g/mol. The van der Waals surface area contributed by atoms with Gasteiger partial charge in [-0.2, -0.15) is 10.4 Å².